The Labute approximate surface area is 219 Å². The molecule has 1 saturated heterocycles. The molecule has 0 unspecified atom stereocenters. The van der Waals surface area contributed by atoms with Crippen LogP contribution in [0.25, 0.3) is 6.08 Å². The highest BCUT2D eigenvalue weighted by molar-refractivity contribution is 6.62. The Morgan fingerprint density at radius 1 is 1.00 bits per heavy atom. The van der Waals surface area contributed by atoms with Crippen molar-refractivity contribution in [2.75, 3.05) is 7.11 Å². The molecule has 9 heteroatoms. The smallest absolute Gasteiger partial charge is 0.488 e. The van der Waals surface area contributed by atoms with Gasteiger partial charge in [0.25, 0.3) is 0 Å². The Hall–Kier alpha value is -3.30. The number of carbonyl (C=O) groups excluding carboxylic acids is 2. The molecular formula is C28H36BNO7. The lowest BCUT2D eigenvalue weighted by Crippen LogP contribution is -2.41. The summed E-state index contributed by atoms with van der Waals surface area (Å²) in [5.41, 5.74) is 0.348. The minimum absolute atomic E-state index is 0.104. The van der Waals surface area contributed by atoms with Crippen LogP contribution < -0.4 is 15.5 Å². The molecule has 0 aliphatic carbocycles. The normalized spacial score (nSPS) is 16.8. The van der Waals surface area contributed by atoms with E-state index in [0.717, 1.165) is 11.0 Å². The molecule has 2 aromatic rings. The highest BCUT2D eigenvalue weighted by Gasteiger charge is 2.51. The topological polar surface area (TPSA) is 92.3 Å². The van der Waals surface area contributed by atoms with Crippen LogP contribution in [0.4, 0.5) is 4.79 Å². The number of ether oxygens (including phenoxy) is 3. The molecule has 3 rings (SSSR count). The highest BCUT2D eigenvalue weighted by Crippen LogP contribution is 2.37. The number of methoxy groups -OCH3 is 1. The van der Waals surface area contributed by atoms with E-state index in [4.69, 9.17) is 23.5 Å². The SMILES string of the molecule is COC(=O)/C(=C/c1cc(B2OC(C)(C)C(C)(C)O2)ccc1OCc1ccccc1)NC(=O)OC(C)(C)C. The molecule has 0 saturated carbocycles. The molecule has 8 nitrogen and oxygen atoms in total. The van der Waals surface area contributed by atoms with E-state index in [9.17, 15) is 9.59 Å². The fourth-order valence-corrected chi connectivity index (χ4v) is 3.50. The van der Waals surface area contributed by atoms with Crippen molar-refractivity contribution in [3.05, 3.63) is 65.4 Å². The number of carbonyl (C=O) groups is 2. The summed E-state index contributed by atoms with van der Waals surface area (Å²) in [6.45, 7) is 13.4. The first-order chi connectivity index (χ1) is 17.2. The van der Waals surface area contributed by atoms with E-state index >= 15 is 0 Å². The zero-order valence-electron chi connectivity index (χ0n) is 22.8. The lowest BCUT2D eigenvalue weighted by molar-refractivity contribution is -0.136. The summed E-state index contributed by atoms with van der Waals surface area (Å²) in [7, 11) is 0.612. The fraction of sp³-hybridized carbons (Fsp3) is 0.429. The minimum atomic E-state index is -0.780. The number of amides is 1. The van der Waals surface area contributed by atoms with Crippen molar-refractivity contribution in [1.82, 2.24) is 5.32 Å². The molecular weight excluding hydrogens is 473 g/mol. The van der Waals surface area contributed by atoms with Gasteiger partial charge >= 0.3 is 19.2 Å². The Kier molecular flexibility index (Phi) is 8.40. The van der Waals surface area contributed by atoms with Crippen LogP contribution in [0.15, 0.2) is 54.2 Å². The predicted octanol–water partition coefficient (Wildman–Crippen LogP) is 4.60. The van der Waals surface area contributed by atoms with Crippen LogP contribution >= 0.6 is 0 Å². The highest BCUT2D eigenvalue weighted by atomic mass is 16.7. The first-order valence-electron chi connectivity index (χ1n) is 12.2. The fourth-order valence-electron chi connectivity index (χ4n) is 3.50. The molecule has 1 N–H and O–H groups in total. The molecule has 2 aromatic carbocycles. The third-order valence-electron chi connectivity index (χ3n) is 6.14. The molecule has 37 heavy (non-hydrogen) atoms. The molecule has 0 atom stereocenters. The quantitative estimate of drug-likeness (QED) is 0.331. The molecule has 1 fully saturated rings. The summed E-state index contributed by atoms with van der Waals surface area (Å²) in [5.74, 6) is -0.239. The van der Waals surface area contributed by atoms with Crippen molar-refractivity contribution >= 4 is 30.7 Å². The largest absolute Gasteiger partial charge is 0.494 e. The number of benzene rings is 2. The van der Waals surface area contributed by atoms with Crippen LogP contribution in [0.2, 0.25) is 0 Å². The summed E-state index contributed by atoms with van der Waals surface area (Å²) >= 11 is 0. The van der Waals surface area contributed by atoms with Gasteiger partial charge in [-0.2, -0.15) is 0 Å². The lowest BCUT2D eigenvalue weighted by Gasteiger charge is -2.32. The zero-order chi connectivity index (χ0) is 27.4. The van der Waals surface area contributed by atoms with Gasteiger partial charge in [0.15, 0.2) is 0 Å². The monoisotopic (exact) mass is 509 g/mol. The van der Waals surface area contributed by atoms with Gasteiger partial charge in [-0.15, -0.1) is 0 Å². The van der Waals surface area contributed by atoms with Crippen LogP contribution in [0.1, 0.15) is 59.6 Å². The van der Waals surface area contributed by atoms with Gasteiger partial charge in [-0.25, -0.2) is 9.59 Å². The van der Waals surface area contributed by atoms with Gasteiger partial charge in [0.2, 0.25) is 0 Å². The predicted molar refractivity (Wildman–Crippen MR) is 142 cm³/mol. The minimum Gasteiger partial charge on any atom is -0.488 e. The van der Waals surface area contributed by atoms with Gasteiger partial charge in [-0.05, 0) is 71.6 Å². The van der Waals surface area contributed by atoms with E-state index in [1.807, 2.05) is 70.2 Å². The average molecular weight is 509 g/mol. The molecule has 1 amide bonds. The van der Waals surface area contributed by atoms with E-state index in [0.29, 0.717) is 17.9 Å². The molecule has 0 spiro atoms. The summed E-state index contributed by atoms with van der Waals surface area (Å²) in [4.78, 5) is 25.0. The maximum Gasteiger partial charge on any atom is 0.494 e. The van der Waals surface area contributed by atoms with Crippen LogP contribution in [0, 0.1) is 0 Å². The molecule has 0 radical (unpaired) electrons. The number of hydrogen-bond acceptors (Lipinski definition) is 7. The van der Waals surface area contributed by atoms with Crippen molar-refractivity contribution in [3.63, 3.8) is 0 Å². The van der Waals surface area contributed by atoms with Gasteiger partial charge in [0, 0.05) is 5.56 Å². The number of hydrogen-bond donors (Lipinski definition) is 1. The third kappa shape index (κ3) is 7.36. The van der Waals surface area contributed by atoms with E-state index in [1.165, 1.54) is 13.2 Å². The summed E-state index contributed by atoms with van der Waals surface area (Å²) < 4.78 is 28.7. The van der Waals surface area contributed by atoms with E-state index in [1.54, 1.807) is 26.8 Å². The van der Waals surface area contributed by atoms with Crippen molar-refractivity contribution in [2.45, 2.75) is 71.9 Å². The maximum absolute atomic E-state index is 12.6. The van der Waals surface area contributed by atoms with Gasteiger partial charge < -0.3 is 23.5 Å². The Bertz CT molecular complexity index is 1140. The van der Waals surface area contributed by atoms with Crippen LogP contribution in [0.3, 0.4) is 0 Å². The molecule has 1 aliphatic rings. The Balaban J connectivity index is 1.99. The summed E-state index contributed by atoms with van der Waals surface area (Å²) in [5, 5.41) is 2.50. The summed E-state index contributed by atoms with van der Waals surface area (Å²) in [6.07, 6.45) is 0.711. The van der Waals surface area contributed by atoms with Crippen LogP contribution in [-0.4, -0.2) is 43.1 Å². The molecule has 198 valence electrons. The van der Waals surface area contributed by atoms with Crippen molar-refractivity contribution in [2.24, 2.45) is 0 Å². The average Bonchev–Trinajstić information content (AvgIpc) is 3.03. The Morgan fingerprint density at radius 3 is 2.19 bits per heavy atom. The number of alkyl carbamates (subject to hydrolysis) is 1. The Morgan fingerprint density at radius 2 is 1.62 bits per heavy atom. The van der Waals surface area contributed by atoms with Crippen LogP contribution in [-0.2, 0) is 30.2 Å². The molecule has 1 aliphatic heterocycles. The van der Waals surface area contributed by atoms with Gasteiger partial charge in [-0.1, -0.05) is 42.5 Å². The number of nitrogens with one attached hydrogen (secondary N) is 1. The summed E-state index contributed by atoms with van der Waals surface area (Å²) in [6, 6.07) is 15.2. The second-order valence-corrected chi connectivity index (χ2v) is 10.8. The van der Waals surface area contributed by atoms with Gasteiger partial charge in [-0.3, -0.25) is 5.32 Å². The standard InChI is InChI=1S/C28H36BNO7/c1-26(2,3)35-25(32)30-22(24(31)33-8)17-20-16-21(29-36-27(4,5)28(6,7)37-29)14-15-23(20)34-18-19-12-10-9-11-13-19/h9-17H,18H2,1-8H3,(H,30,32)/b22-17-. The van der Waals surface area contributed by atoms with E-state index in [-0.39, 0.29) is 5.70 Å². The second-order valence-electron chi connectivity index (χ2n) is 10.8. The van der Waals surface area contributed by atoms with E-state index < -0.39 is 36.0 Å². The first kappa shape index (κ1) is 28.3. The number of rotatable bonds is 7. The first-order valence-corrected chi connectivity index (χ1v) is 12.2. The second kappa shape index (κ2) is 11.0. The van der Waals surface area contributed by atoms with E-state index in [2.05, 4.69) is 5.32 Å². The molecule has 0 aromatic heterocycles. The lowest BCUT2D eigenvalue weighted by atomic mass is 9.78. The van der Waals surface area contributed by atoms with Crippen molar-refractivity contribution in [1.29, 1.82) is 0 Å². The van der Waals surface area contributed by atoms with Gasteiger partial charge in [0.1, 0.15) is 23.7 Å². The van der Waals surface area contributed by atoms with Crippen LogP contribution in [0.5, 0.6) is 5.75 Å². The molecule has 0 bridgehead atoms. The molecule has 1 heterocycles. The number of esters is 1. The maximum atomic E-state index is 12.6. The third-order valence-corrected chi connectivity index (χ3v) is 6.14. The van der Waals surface area contributed by atoms with Crippen molar-refractivity contribution in [3.8, 4) is 5.75 Å². The zero-order valence-corrected chi connectivity index (χ0v) is 22.8. The van der Waals surface area contributed by atoms with Crippen molar-refractivity contribution < 1.29 is 33.1 Å². The van der Waals surface area contributed by atoms with Gasteiger partial charge in [0.05, 0.1) is 18.3 Å².